The highest BCUT2D eigenvalue weighted by molar-refractivity contribution is 6.23. The van der Waals surface area contributed by atoms with Crippen LogP contribution < -0.4 is 0 Å². The SMILES string of the molecule is CCCC(=NC(C)C)C1=C(O)CC(C)(C)CC1=O. The first kappa shape index (κ1) is 14.9. The third-order valence-corrected chi connectivity index (χ3v) is 3.04. The van der Waals surface area contributed by atoms with Crippen LogP contribution in [-0.2, 0) is 4.79 Å². The highest BCUT2D eigenvalue weighted by Crippen LogP contribution is 2.36. The molecule has 1 rings (SSSR count). The fourth-order valence-electron chi connectivity index (χ4n) is 2.42. The van der Waals surface area contributed by atoms with E-state index in [2.05, 4.69) is 11.9 Å². The fourth-order valence-corrected chi connectivity index (χ4v) is 2.42. The van der Waals surface area contributed by atoms with Crippen molar-refractivity contribution >= 4 is 11.5 Å². The number of hydrogen-bond donors (Lipinski definition) is 1. The molecule has 18 heavy (non-hydrogen) atoms. The van der Waals surface area contributed by atoms with Gasteiger partial charge in [-0.15, -0.1) is 0 Å². The van der Waals surface area contributed by atoms with E-state index < -0.39 is 0 Å². The van der Waals surface area contributed by atoms with Crippen molar-refractivity contribution in [3.63, 3.8) is 0 Å². The van der Waals surface area contributed by atoms with Crippen LogP contribution in [-0.4, -0.2) is 22.6 Å². The van der Waals surface area contributed by atoms with Crippen molar-refractivity contribution in [2.24, 2.45) is 10.4 Å². The first-order valence-electron chi connectivity index (χ1n) is 6.79. The minimum absolute atomic E-state index is 0.0385. The third-order valence-electron chi connectivity index (χ3n) is 3.04. The summed E-state index contributed by atoms with van der Waals surface area (Å²) in [5.41, 5.74) is 1.13. The maximum atomic E-state index is 12.2. The summed E-state index contributed by atoms with van der Waals surface area (Å²) in [4.78, 5) is 16.7. The summed E-state index contributed by atoms with van der Waals surface area (Å²) in [6, 6.07) is 0.148. The van der Waals surface area contributed by atoms with Crippen molar-refractivity contribution < 1.29 is 9.90 Å². The largest absolute Gasteiger partial charge is 0.511 e. The van der Waals surface area contributed by atoms with Gasteiger partial charge in [-0.25, -0.2) is 0 Å². The number of aliphatic hydroxyl groups is 1. The van der Waals surface area contributed by atoms with Crippen LogP contribution in [0.5, 0.6) is 0 Å². The first-order valence-corrected chi connectivity index (χ1v) is 6.79. The average Bonchev–Trinajstić information content (AvgIpc) is 2.12. The normalized spacial score (nSPS) is 20.8. The average molecular weight is 251 g/mol. The molecule has 0 unspecified atom stereocenters. The monoisotopic (exact) mass is 251 g/mol. The molecule has 1 N–H and O–H groups in total. The molecule has 1 aliphatic carbocycles. The Labute approximate surface area is 110 Å². The molecule has 0 aromatic heterocycles. The Bertz CT molecular complexity index is 389. The van der Waals surface area contributed by atoms with Crippen LogP contribution >= 0.6 is 0 Å². The molecule has 102 valence electrons. The Balaban J connectivity index is 3.15. The molecule has 0 heterocycles. The summed E-state index contributed by atoms with van der Waals surface area (Å²) in [6.07, 6.45) is 2.74. The topological polar surface area (TPSA) is 49.7 Å². The number of nitrogens with zero attached hydrogens (tertiary/aromatic N) is 1. The summed E-state index contributed by atoms with van der Waals surface area (Å²) < 4.78 is 0. The minimum atomic E-state index is -0.139. The number of aliphatic imine (C=N–C) groups is 1. The van der Waals surface area contributed by atoms with Crippen LogP contribution in [0.15, 0.2) is 16.3 Å². The Morgan fingerprint density at radius 2 is 2.00 bits per heavy atom. The van der Waals surface area contributed by atoms with Crippen LogP contribution in [0.4, 0.5) is 0 Å². The lowest BCUT2D eigenvalue weighted by molar-refractivity contribution is -0.117. The van der Waals surface area contributed by atoms with E-state index in [1.807, 2.05) is 27.7 Å². The van der Waals surface area contributed by atoms with Crippen molar-refractivity contribution in [3.05, 3.63) is 11.3 Å². The molecule has 0 atom stereocenters. The zero-order valence-corrected chi connectivity index (χ0v) is 12.2. The number of ketones is 1. The quantitative estimate of drug-likeness (QED) is 0.772. The van der Waals surface area contributed by atoms with Crippen LogP contribution in [0.25, 0.3) is 0 Å². The van der Waals surface area contributed by atoms with E-state index in [1.165, 1.54) is 0 Å². The molecular weight excluding hydrogens is 226 g/mol. The molecule has 0 saturated heterocycles. The molecule has 0 aromatic carbocycles. The summed E-state index contributed by atoms with van der Waals surface area (Å²) >= 11 is 0. The molecule has 0 aromatic rings. The molecule has 0 bridgehead atoms. The second kappa shape index (κ2) is 5.68. The van der Waals surface area contributed by atoms with Crippen molar-refractivity contribution in [1.82, 2.24) is 0 Å². The fraction of sp³-hybridized carbons (Fsp3) is 0.733. The van der Waals surface area contributed by atoms with E-state index in [0.717, 1.165) is 18.6 Å². The number of carbonyl (C=O) groups excluding carboxylic acids is 1. The Hall–Kier alpha value is -1.12. The highest BCUT2D eigenvalue weighted by Gasteiger charge is 2.34. The van der Waals surface area contributed by atoms with Crippen molar-refractivity contribution in [2.45, 2.75) is 66.3 Å². The predicted octanol–water partition coefficient (Wildman–Crippen LogP) is 3.84. The minimum Gasteiger partial charge on any atom is -0.511 e. The van der Waals surface area contributed by atoms with Gasteiger partial charge < -0.3 is 5.11 Å². The van der Waals surface area contributed by atoms with Gasteiger partial charge in [-0.3, -0.25) is 9.79 Å². The zero-order valence-electron chi connectivity index (χ0n) is 12.2. The second-order valence-corrected chi connectivity index (χ2v) is 6.18. The molecular formula is C15H25NO2. The second-order valence-electron chi connectivity index (χ2n) is 6.18. The van der Waals surface area contributed by atoms with Gasteiger partial charge >= 0.3 is 0 Å². The van der Waals surface area contributed by atoms with Gasteiger partial charge in [0.1, 0.15) is 5.76 Å². The molecule has 0 radical (unpaired) electrons. The number of Topliss-reactive ketones (excluding diaryl/α,β-unsaturated/α-hetero) is 1. The molecule has 1 aliphatic rings. The van der Waals surface area contributed by atoms with Gasteiger partial charge in [0.05, 0.1) is 5.57 Å². The molecule has 0 amide bonds. The maximum absolute atomic E-state index is 12.2. The van der Waals surface area contributed by atoms with E-state index in [0.29, 0.717) is 18.4 Å². The van der Waals surface area contributed by atoms with Crippen molar-refractivity contribution in [3.8, 4) is 0 Å². The standard InChI is InChI=1S/C15H25NO2/c1-6-7-11(16-10(2)3)14-12(17)8-15(4,5)9-13(14)18/h10,17H,6-9H2,1-5H3. The van der Waals surface area contributed by atoms with Crippen LogP contribution in [0.2, 0.25) is 0 Å². The van der Waals surface area contributed by atoms with Gasteiger partial charge in [-0.2, -0.15) is 0 Å². The lowest BCUT2D eigenvalue weighted by atomic mass is 9.75. The van der Waals surface area contributed by atoms with Crippen molar-refractivity contribution in [1.29, 1.82) is 0 Å². The number of aliphatic hydroxyl groups excluding tert-OH is 1. The van der Waals surface area contributed by atoms with Crippen LogP contribution in [0.1, 0.15) is 60.3 Å². The van der Waals surface area contributed by atoms with Crippen molar-refractivity contribution in [2.75, 3.05) is 0 Å². The smallest absolute Gasteiger partial charge is 0.168 e. The first-order chi connectivity index (χ1) is 8.26. The summed E-state index contributed by atoms with van der Waals surface area (Å²) in [5.74, 6) is 0.265. The number of carbonyl (C=O) groups is 1. The van der Waals surface area contributed by atoms with Gasteiger partial charge in [0, 0.05) is 24.6 Å². The van der Waals surface area contributed by atoms with Gasteiger partial charge in [0.25, 0.3) is 0 Å². The predicted molar refractivity (Wildman–Crippen MR) is 75.2 cm³/mol. The van der Waals surface area contributed by atoms with E-state index in [4.69, 9.17) is 0 Å². The summed E-state index contributed by atoms with van der Waals surface area (Å²) in [7, 11) is 0. The van der Waals surface area contributed by atoms with E-state index >= 15 is 0 Å². The van der Waals surface area contributed by atoms with Crippen LogP contribution in [0, 0.1) is 5.41 Å². The summed E-state index contributed by atoms with van der Waals surface area (Å²) in [5, 5.41) is 10.2. The molecule has 0 saturated carbocycles. The van der Waals surface area contributed by atoms with E-state index in [-0.39, 0.29) is 23.0 Å². The number of hydrogen-bond acceptors (Lipinski definition) is 3. The lowest BCUT2D eigenvalue weighted by Crippen LogP contribution is -2.29. The third kappa shape index (κ3) is 3.69. The zero-order chi connectivity index (χ0) is 13.9. The van der Waals surface area contributed by atoms with E-state index in [1.54, 1.807) is 0 Å². The van der Waals surface area contributed by atoms with Gasteiger partial charge in [0.15, 0.2) is 5.78 Å². The maximum Gasteiger partial charge on any atom is 0.168 e. The van der Waals surface area contributed by atoms with Gasteiger partial charge in [0.2, 0.25) is 0 Å². The molecule has 3 nitrogen and oxygen atoms in total. The summed E-state index contributed by atoms with van der Waals surface area (Å²) in [6.45, 7) is 10.1. The Kier molecular flexibility index (Phi) is 4.71. The van der Waals surface area contributed by atoms with Crippen LogP contribution in [0.3, 0.4) is 0 Å². The lowest BCUT2D eigenvalue weighted by Gasteiger charge is -2.30. The van der Waals surface area contributed by atoms with E-state index in [9.17, 15) is 9.90 Å². The van der Waals surface area contributed by atoms with Gasteiger partial charge in [-0.05, 0) is 25.7 Å². The molecule has 0 aliphatic heterocycles. The molecule has 0 spiro atoms. The highest BCUT2D eigenvalue weighted by atomic mass is 16.3. The Morgan fingerprint density at radius 3 is 2.44 bits per heavy atom. The number of allylic oxidation sites excluding steroid dienone is 2. The molecule has 0 fully saturated rings. The van der Waals surface area contributed by atoms with Gasteiger partial charge in [-0.1, -0.05) is 27.2 Å². The Morgan fingerprint density at radius 1 is 1.39 bits per heavy atom. The molecule has 3 heteroatoms. The number of rotatable bonds is 4.